The lowest BCUT2D eigenvalue weighted by Gasteiger charge is -2.10. The zero-order valence-electron chi connectivity index (χ0n) is 10.8. The highest BCUT2D eigenvalue weighted by Gasteiger charge is 2.14. The van der Waals surface area contributed by atoms with Crippen LogP contribution in [0.3, 0.4) is 0 Å². The van der Waals surface area contributed by atoms with Gasteiger partial charge in [0, 0.05) is 26.8 Å². The zero-order chi connectivity index (χ0) is 12.3. The van der Waals surface area contributed by atoms with Gasteiger partial charge in [0.1, 0.15) is 0 Å². The van der Waals surface area contributed by atoms with Crippen molar-refractivity contribution in [2.24, 2.45) is 10.7 Å². The van der Waals surface area contributed by atoms with Crippen molar-refractivity contribution in [1.29, 1.82) is 0 Å². The average Bonchev–Trinajstić information content (AvgIpc) is 2.82. The van der Waals surface area contributed by atoms with Gasteiger partial charge in [-0.1, -0.05) is 12.8 Å². The fraction of sp³-hybridized carbons (Fsp3) is 0.917. The Morgan fingerprint density at radius 3 is 2.82 bits per heavy atom. The van der Waals surface area contributed by atoms with Crippen molar-refractivity contribution in [2.45, 2.75) is 38.2 Å². The van der Waals surface area contributed by atoms with Crippen LogP contribution in [0.25, 0.3) is 0 Å². The molecule has 0 atom stereocenters. The standard InChI is InChI=1S/C12H25N3O2/c1-16-10-8-15-12(13)14-7-4-9-17-11-5-2-3-6-11/h11H,2-10H2,1H3,(H3,13,14,15). The Bertz CT molecular complexity index is 216. The molecule has 1 saturated carbocycles. The van der Waals surface area contributed by atoms with Gasteiger partial charge in [0.2, 0.25) is 0 Å². The highest BCUT2D eigenvalue weighted by Crippen LogP contribution is 2.20. The summed E-state index contributed by atoms with van der Waals surface area (Å²) in [6.45, 7) is 2.85. The van der Waals surface area contributed by atoms with Gasteiger partial charge < -0.3 is 20.5 Å². The van der Waals surface area contributed by atoms with E-state index in [0.29, 0.717) is 25.2 Å². The summed E-state index contributed by atoms with van der Waals surface area (Å²) in [5.74, 6) is 0.489. The molecule has 0 amide bonds. The molecule has 0 aliphatic heterocycles. The topological polar surface area (TPSA) is 68.9 Å². The Morgan fingerprint density at radius 2 is 2.12 bits per heavy atom. The molecule has 1 fully saturated rings. The molecule has 0 aromatic heterocycles. The number of rotatable bonds is 8. The second kappa shape index (κ2) is 9.24. The molecule has 0 aromatic carbocycles. The second-order valence-corrected chi connectivity index (χ2v) is 4.32. The molecular formula is C12H25N3O2. The van der Waals surface area contributed by atoms with Crippen LogP contribution in [0.4, 0.5) is 0 Å². The highest BCUT2D eigenvalue weighted by molar-refractivity contribution is 5.77. The van der Waals surface area contributed by atoms with E-state index < -0.39 is 0 Å². The van der Waals surface area contributed by atoms with Gasteiger partial charge in [0.25, 0.3) is 0 Å². The monoisotopic (exact) mass is 243 g/mol. The second-order valence-electron chi connectivity index (χ2n) is 4.32. The van der Waals surface area contributed by atoms with Gasteiger partial charge in [-0.15, -0.1) is 0 Å². The van der Waals surface area contributed by atoms with Crippen LogP contribution in [0.5, 0.6) is 0 Å². The number of ether oxygens (including phenoxy) is 2. The van der Waals surface area contributed by atoms with Gasteiger partial charge in [-0.05, 0) is 19.3 Å². The third-order valence-electron chi connectivity index (χ3n) is 2.85. The third-order valence-corrected chi connectivity index (χ3v) is 2.85. The maximum absolute atomic E-state index is 5.73. The predicted molar refractivity (Wildman–Crippen MR) is 69.2 cm³/mol. The first-order valence-electron chi connectivity index (χ1n) is 6.47. The molecule has 1 aliphatic rings. The number of guanidine groups is 1. The van der Waals surface area contributed by atoms with Crippen LogP contribution in [0.15, 0.2) is 4.99 Å². The minimum absolute atomic E-state index is 0.489. The van der Waals surface area contributed by atoms with Crippen LogP contribution in [-0.2, 0) is 9.47 Å². The summed E-state index contributed by atoms with van der Waals surface area (Å²) in [5, 5.41) is 2.98. The summed E-state index contributed by atoms with van der Waals surface area (Å²) in [4.78, 5) is 4.21. The Balaban J connectivity index is 1.92. The van der Waals surface area contributed by atoms with Gasteiger partial charge in [-0.3, -0.25) is 4.99 Å². The molecule has 1 rings (SSSR count). The molecule has 5 heteroatoms. The number of hydrogen-bond acceptors (Lipinski definition) is 3. The van der Waals surface area contributed by atoms with Crippen molar-refractivity contribution < 1.29 is 9.47 Å². The number of nitrogens with zero attached hydrogens (tertiary/aromatic N) is 1. The molecule has 0 heterocycles. The highest BCUT2D eigenvalue weighted by atomic mass is 16.5. The van der Waals surface area contributed by atoms with Crippen molar-refractivity contribution in [3.63, 3.8) is 0 Å². The van der Waals surface area contributed by atoms with E-state index in [-0.39, 0.29) is 0 Å². The molecule has 3 N–H and O–H groups in total. The van der Waals surface area contributed by atoms with E-state index in [1.807, 2.05) is 0 Å². The molecule has 0 aromatic rings. The van der Waals surface area contributed by atoms with Crippen LogP contribution in [0.1, 0.15) is 32.1 Å². The molecule has 100 valence electrons. The minimum atomic E-state index is 0.489. The van der Waals surface area contributed by atoms with Gasteiger partial charge in [-0.2, -0.15) is 0 Å². The summed E-state index contributed by atoms with van der Waals surface area (Å²) < 4.78 is 10.6. The van der Waals surface area contributed by atoms with Crippen molar-refractivity contribution in [3.8, 4) is 0 Å². The quantitative estimate of drug-likeness (QED) is 0.377. The Labute approximate surface area is 104 Å². The summed E-state index contributed by atoms with van der Waals surface area (Å²) in [7, 11) is 1.66. The van der Waals surface area contributed by atoms with Crippen molar-refractivity contribution in [1.82, 2.24) is 5.32 Å². The molecule has 0 spiro atoms. The largest absolute Gasteiger partial charge is 0.383 e. The van der Waals surface area contributed by atoms with Gasteiger partial charge in [-0.25, -0.2) is 0 Å². The fourth-order valence-electron chi connectivity index (χ4n) is 1.91. The van der Waals surface area contributed by atoms with E-state index in [0.717, 1.165) is 19.6 Å². The molecule has 0 bridgehead atoms. The van der Waals surface area contributed by atoms with Crippen molar-refractivity contribution in [3.05, 3.63) is 0 Å². The number of aliphatic imine (C=N–C) groups is 1. The lowest BCUT2D eigenvalue weighted by molar-refractivity contribution is 0.0579. The predicted octanol–water partition coefficient (Wildman–Crippen LogP) is 0.886. The zero-order valence-corrected chi connectivity index (χ0v) is 10.8. The number of nitrogens with two attached hydrogens (primary N) is 1. The summed E-state index contributed by atoms with van der Waals surface area (Å²) in [6.07, 6.45) is 6.52. The number of nitrogens with one attached hydrogen (secondary N) is 1. The lowest BCUT2D eigenvalue weighted by atomic mass is 10.3. The van der Waals surface area contributed by atoms with Gasteiger partial charge in [0.15, 0.2) is 5.96 Å². The van der Waals surface area contributed by atoms with Crippen LogP contribution < -0.4 is 11.1 Å². The lowest BCUT2D eigenvalue weighted by Crippen LogP contribution is -2.34. The first-order chi connectivity index (χ1) is 8.33. The van der Waals surface area contributed by atoms with Crippen LogP contribution in [0, 0.1) is 0 Å². The average molecular weight is 243 g/mol. The fourth-order valence-corrected chi connectivity index (χ4v) is 1.91. The molecule has 17 heavy (non-hydrogen) atoms. The normalized spacial score (nSPS) is 17.6. The number of hydrogen-bond donors (Lipinski definition) is 2. The van der Waals surface area contributed by atoms with Crippen LogP contribution >= 0.6 is 0 Å². The molecule has 0 saturated heterocycles. The van der Waals surface area contributed by atoms with E-state index in [9.17, 15) is 0 Å². The number of methoxy groups -OCH3 is 1. The van der Waals surface area contributed by atoms with Crippen LogP contribution in [-0.4, -0.2) is 45.5 Å². The van der Waals surface area contributed by atoms with Gasteiger partial charge >= 0.3 is 0 Å². The molecule has 5 nitrogen and oxygen atoms in total. The minimum Gasteiger partial charge on any atom is -0.383 e. The maximum atomic E-state index is 5.73. The summed E-state index contributed by atoms with van der Waals surface area (Å²) >= 11 is 0. The Morgan fingerprint density at radius 1 is 1.35 bits per heavy atom. The SMILES string of the molecule is COCCNC(N)=NCCCOC1CCCC1. The molecule has 0 radical (unpaired) electrons. The van der Waals surface area contributed by atoms with E-state index in [1.165, 1.54) is 25.7 Å². The first kappa shape index (κ1) is 14.3. The third kappa shape index (κ3) is 7.18. The molecular weight excluding hydrogens is 218 g/mol. The Hall–Kier alpha value is -0.810. The molecule has 1 aliphatic carbocycles. The van der Waals surface area contributed by atoms with Crippen molar-refractivity contribution >= 4 is 5.96 Å². The Kier molecular flexibility index (Phi) is 7.75. The van der Waals surface area contributed by atoms with E-state index in [1.54, 1.807) is 7.11 Å². The first-order valence-corrected chi connectivity index (χ1v) is 6.47. The summed E-state index contributed by atoms with van der Waals surface area (Å²) in [6, 6.07) is 0. The van der Waals surface area contributed by atoms with Crippen LogP contribution in [0.2, 0.25) is 0 Å². The van der Waals surface area contributed by atoms with E-state index >= 15 is 0 Å². The van der Waals surface area contributed by atoms with E-state index in [4.69, 9.17) is 15.2 Å². The molecule has 0 unspecified atom stereocenters. The smallest absolute Gasteiger partial charge is 0.188 e. The van der Waals surface area contributed by atoms with E-state index in [2.05, 4.69) is 10.3 Å². The van der Waals surface area contributed by atoms with Gasteiger partial charge in [0.05, 0.1) is 12.7 Å². The van der Waals surface area contributed by atoms with Crippen molar-refractivity contribution in [2.75, 3.05) is 33.4 Å². The summed E-state index contributed by atoms with van der Waals surface area (Å²) in [5.41, 5.74) is 5.66. The maximum Gasteiger partial charge on any atom is 0.188 e.